The molecule has 0 spiro atoms. The first-order valence-electron chi connectivity index (χ1n) is 10.1. The lowest BCUT2D eigenvalue weighted by atomic mass is 10.1. The van der Waals surface area contributed by atoms with E-state index < -0.39 is 0 Å². The van der Waals surface area contributed by atoms with E-state index in [9.17, 15) is 5.11 Å². The van der Waals surface area contributed by atoms with Crippen molar-refractivity contribution in [3.8, 4) is 5.75 Å². The fourth-order valence-corrected chi connectivity index (χ4v) is 3.60. The Morgan fingerprint density at radius 1 is 0.786 bits per heavy atom. The maximum absolute atomic E-state index is 9.37. The monoisotopic (exact) mass is 381 g/mol. The Balaban J connectivity index is 1.54. The minimum absolute atomic E-state index is 0.236. The van der Waals surface area contributed by atoms with Gasteiger partial charge in [-0.3, -0.25) is 0 Å². The van der Waals surface area contributed by atoms with Crippen LogP contribution in [0.2, 0.25) is 0 Å². The highest BCUT2D eigenvalue weighted by Gasteiger charge is 2.20. The SMILES string of the molecule is Oc1ccc(/C=N/Nc2nc(N3CCCCC3)nc(N3CCCCC3)n2)cc1. The Labute approximate surface area is 165 Å². The van der Waals surface area contributed by atoms with Crippen LogP contribution in [0.3, 0.4) is 0 Å². The number of anilines is 3. The molecule has 1 aromatic carbocycles. The molecule has 0 saturated carbocycles. The number of rotatable bonds is 5. The molecule has 2 saturated heterocycles. The second-order valence-corrected chi connectivity index (χ2v) is 7.32. The van der Waals surface area contributed by atoms with Crippen molar-refractivity contribution in [2.24, 2.45) is 5.10 Å². The Kier molecular flexibility index (Phi) is 5.84. The molecule has 0 radical (unpaired) electrons. The van der Waals surface area contributed by atoms with Crippen LogP contribution in [0.25, 0.3) is 0 Å². The molecule has 8 nitrogen and oxygen atoms in total. The first-order chi connectivity index (χ1) is 13.8. The van der Waals surface area contributed by atoms with Crippen molar-refractivity contribution >= 4 is 24.1 Å². The highest BCUT2D eigenvalue weighted by atomic mass is 16.3. The van der Waals surface area contributed by atoms with Gasteiger partial charge in [0.1, 0.15) is 5.75 Å². The van der Waals surface area contributed by atoms with Gasteiger partial charge in [0.15, 0.2) is 0 Å². The second-order valence-electron chi connectivity index (χ2n) is 7.32. The molecule has 2 aliphatic heterocycles. The number of benzene rings is 1. The van der Waals surface area contributed by atoms with E-state index >= 15 is 0 Å². The molecule has 148 valence electrons. The third kappa shape index (κ3) is 4.68. The summed E-state index contributed by atoms with van der Waals surface area (Å²) >= 11 is 0. The molecule has 0 atom stereocenters. The third-order valence-electron chi connectivity index (χ3n) is 5.16. The first-order valence-corrected chi connectivity index (χ1v) is 10.1. The Morgan fingerprint density at radius 3 is 1.86 bits per heavy atom. The maximum atomic E-state index is 9.37. The van der Waals surface area contributed by atoms with Gasteiger partial charge in [-0.05, 0) is 68.4 Å². The summed E-state index contributed by atoms with van der Waals surface area (Å²) in [6, 6.07) is 6.86. The topological polar surface area (TPSA) is 89.8 Å². The minimum Gasteiger partial charge on any atom is -0.508 e. The van der Waals surface area contributed by atoms with Crippen LogP contribution >= 0.6 is 0 Å². The predicted octanol–water partition coefficient (Wildman–Crippen LogP) is 3.00. The molecule has 4 rings (SSSR count). The van der Waals surface area contributed by atoms with Crippen molar-refractivity contribution in [2.75, 3.05) is 41.4 Å². The van der Waals surface area contributed by atoms with E-state index in [4.69, 9.17) is 4.98 Å². The predicted molar refractivity (Wildman–Crippen MR) is 111 cm³/mol. The molecule has 1 aromatic heterocycles. The smallest absolute Gasteiger partial charge is 0.250 e. The molecule has 2 fully saturated rings. The van der Waals surface area contributed by atoms with Crippen molar-refractivity contribution in [1.29, 1.82) is 0 Å². The molecular formula is C20H27N7O. The zero-order valence-electron chi connectivity index (χ0n) is 16.1. The lowest BCUT2D eigenvalue weighted by Crippen LogP contribution is -2.34. The molecular weight excluding hydrogens is 354 g/mol. The van der Waals surface area contributed by atoms with Crippen molar-refractivity contribution < 1.29 is 5.11 Å². The zero-order valence-corrected chi connectivity index (χ0v) is 16.1. The van der Waals surface area contributed by atoms with Crippen molar-refractivity contribution in [2.45, 2.75) is 38.5 Å². The van der Waals surface area contributed by atoms with Gasteiger partial charge >= 0.3 is 0 Å². The van der Waals surface area contributed by atoms with Crippen molar-refractivity contribution in [3.05, 3.63) is 29.8 Å². The van der Waals surface area contributed by atoms with Crippen LogP contribution in [0, 0.1) is 0 Å². The van der Waals surface area contributed by atoms with Gasteiger partial charge in [0.2, 0.25) is 17.8 Å². The van der Waals surface area contributed by atoms with Gasteiger partial charge in [0.05, 0.1) is 6.21 Å². The lowest BCUT2D eigenvalue weighted by molar-refractivity contribution is 0.475. The summed E-state index contributed by atoms with van der Waals surface area (Å²) in [5, 5.41) is 13.6. The Morgan fingerprint density at radius 2 is 1.32 bits per heavy atom. The number of phenols is 1. The summed E-state index contributed by atoms with van der Waals surface area (Å²) in [6.45, 7) is 3.94. The highest BCUT2D eigenvalue weighted by molar-refractivity contribution is 5.80. The number of aromatic hydroxyl groups is 1. The third-order valence-corrected chi connectivity index (χ3v) is 5.16. The largest absolute Gasteiger partial charge is 0.508 e. The number of hydrazone groups is 1. The van der Waals surface area contributed by atoms with Crippen molar-refractivity contribution in [3.63, 3.8) is 0 Å². The van der Waals surface area contributed by atoms with Gasteiger partial charge in [-0.1, -0.05) is 0 Å². The van der Waals surface area contributed by atoms with E-state index in [0.717, 1.165) is 43.6 Å². The van der Waals surface area contributed by atoms with Gasteiger partial charge in [0.25, 0.3) is 0 Å². The maximum Gasteiger partial charge on any atom is 0.250 e. The van der Waals surface area contributed by atoms with Crippen LogP contribution in [0.5, 0.6) is 5.75 Å². The van der Waals surface area contributed by atoms with E-state index in [-0.39, 0.29) is 5.75 Å². The summed E-state index contributed by atoms with van der Waals surface area (Å²) in [7, 11) is 0. The van der Waals surface area contributed by atoms with E-state index in [1.807, 2.05) is 0 Å². The fraction of sp³-hybridized carbons (Fsp3) is 0.500. The van der Waals surface area contributed by atoms with Gasteiger partial charge in [-0.15, -0.1) is 0 Å². The van der Waals surface area contributed by atoms with E-state index in [1.54, 1.807) is 30.5 Å². The van der Waals surface area contributed by atoms with Crippen LogP contribution < -0.4 is 15.2 Å². The van der Waals surface area contributed by atoms with Gasteiger partial charge in [0, 0.05) is 26.2 Å². The number of piperidine rings is 2. The molecule has 28 heavy (non-hydrogen) atoms. The molecule has 8 heteroatoms. The van der Waals surface area contributed by atoms with Gasteiger partial charge in [-0.25, -0.2) is 5.43 Å². The van der Waals surface area contributed by atoms with Crippen LogP contribution in [0.15, 0.2) is 29.4 Å². The Hall–Kier alpha value is -2.90. The number of phenolic OH excluding ortho intramolecular Hbond substituents is 1. The normalized spacial score (nSPS) is 17.9. The summed E-state index contributed by atoms with van der Waals surface area (Å²) in [6.07, 6.45) is 8.91. The molecule has 3 heterocycles. The van der Waals surface area contributed by atoms with E-state index in [2.05, 4.69) is 30.3 Å². The molecule has 0 bridgehead atoms. The average molecular weight is 381 g/mol. The van der Waals surface area contributed by atoms with E-state index in [1.165, 1.54) is 38.5 Å². The van der Waals surface area contributed by atoms with Crippen LogP contribution in [0.4, 0.5) is 17.8 Å². The number of nitrogens with zero attached hydrogens (tertiary/aromatic N) is 6. The second kappa shape index (κ2) is 8.86. The van der Waals surface area contributed by atoms with E-state index in [0.29, 0.717) is 5.95 Å². The summed E-state index contributed by atoms with van der Waals surface area (Å²) in [5.41, 5.74) is 3.84. The van der Waals surface area contributed by atoms with Crippen LogP contribution in [-0.2, 0) is 0 Å². The number of hydrogen-bond donors (Lipinski definition) is 2. The summed E-state index contributed by atoms with van der Waals surface area (Å²) < 4.78 is 0. The fourth-order valence-electron chi connectivity index (χ4n) is 3.60. The molecule has 0 amide bonds. The average Bonchev–Trinajstić information content (AvgIpc) is 2.76. The summed E-state index contributed by atoms with van der Waals surface area (Å²) in [5.74, 6) is 2.17. The summed E-state index contributed by atoms with van der Waals surface area (Å²) in [4.78, 5) is 18.5. The first kappa shape index (κ1) is 18.5. The number of aromatic nitrogens is 3. The van der Waals surface area contributed by atoms with Gasteiger partial charge < -0.3 is 14.9 Å². The van der Waals surface area contributed by atoms with Crippen LogP contribution in [-0.4, -0.2) is 52.5 Å². The zero-order chi connectivity index (χ0) is 19.2. The van der Waals surface area contributed by atoms with Crippen LogP contribution in [0.1, 0.15) is 44.1 Å². The quantitative estimate of drug-likeness (QED) is 0.608. The standard InChI is InChI=1S/C20H27N7O/c28-17-9-7-16(8-10-17)15-21-25-18-22-19(26-11-3-1-4-12-26)24-20(23-18)27-13-5-2-6-14-27/h7-10,15,28H,1-6,11-14H2,(H,22,23,24,25)/b21-15+. The molecule has 2 aliphatic rings. The molecule has 2 N–H and O–H groups in total. The minimum atomic E-state index is 0.236. The van der Waals surface area contributed by atoms with Crippen molar-refractivity contribution in [1.82, 2.24) is 15.0 Å². The Bertz CT molecular complexity index is 760. The highest BCUT2D eigenvalue weighted by Crippen LogP contribution is 2.22. The number of hydrogen-bond acceptors (Lipinski definition) is 8. The molecule has 0 aliphatic carbocycles. The lowest BCUT2D eigenvalue weighted by Gasteiger charge is -2.30. The number of nitrogens with one attached hydrogen (secondary N) is 1. The van der Waals surface area contributed by atoms with Gasteiger partial charge in [-0.2, -0.15) is 20.1 Å². The molecule has 0 unspecified atom stereocenters. The molecule has 2 aromatic rings.